The molecule has 1 aliphatic rings. The average molecular weight is 270 g/mol. The Morgan fingerprint density at radius 1 is 1.32 bits per heavy atom. The van der Waals surface area contributed by atoms with E-state index in [2.05, 4.69) is 37.9 Å². The van der Waals surface area contributed by atoms with Gasteiger partial charge < -0.3 is 10.1 Å². The maximum atomic E-state index is 5.85. The Kier molecular flexibility index (Phi) is 8.67. The molecule has 3 heteroatoms. The van der Waals surface area contributed by atoms with E-state index in [0.717, 1.165) is 44.6 Å². The number of hydrogen-bond acceptors (Lipinski definition) is 3. The summed E-state index contributed by atoms with van der Waals surface area (Å²) in [5, 5.41) is 3.55. The molecule has 1 aliphatic heterocycles. The first-order chi connectivity index (χ1) is 9.11. The van der Waals surface area contributed by atoms with Gasteiger partial charge in [-0.25, -0.2) is 0 Å². The molecule has 0 bridgehead atoms. The van der Waals surface area contributed by atoms with Gasteiger partial charge in [-0.2, -0.15) is 0 Å². The van der Waals surface area contributed by atoms with Crippen LogP contribution in [0.25, 0.3) is 0 Å². The number of ether oxygens (including phenoxy) is 1. The van der Waals surface area contributed by atoms with Crippen LogP contribution in [-0.4, -0.2) is 50.3 Å². The second kappa shape index (κ2) is 9.73. The van der Waals surface area contributed by atoms with Crippen molar-refractivity contribution in [3.8, 4) is 0 Å². The molecule has 114 valence electrons. The molecule has 0 spiro atoms. The topological polar surface area (TPSA) is 24.5 Å². The molecule has 0 aromatic heterocycles. The molecule has 1 saturated heterocycles. The van der Waals surface area contributed by atoms with Crippen molar-refractivity contribution in [1.29, 1.82) is 0 Å². The summed E-state index contributed by atoms with van der Waals surface area (Å²) in [7, 11) is 0. The molecular formula is C16H34N2O. The van der Waals surface area contributed by atoms with E-state index in [4.69, 9.17) is 4.74 Å². The molecule has 0 radical (unpaired) electrons. The second-order valence-electron chi connectivity index (χ2n) is 6.50. The minimum Gasteiger partial charge on any atom is -0.374 e. The summed E-state index contributed by atoms with van der Waals surface area (Å²) in [6.45, 7) is 15.6. The highest BCUT2D eigenvalue weighted by molar-refractivity contribution is 4.74. The number of rotatable bonds is 9. The van der Waals surface area contributed by atoms with Crippen molar-refractivity contribution in [3.05, 3.63) is 0 Å². The minimum absolute atomic E-state index is 0.386. The first kappa shape index (κ1) is 16.9. The van der Waals surface area contributed by atoms with E-state index < -0.39 is 0 Å². The van der Waals surface area contributed by atoms with Gasteiger partial charge >= 0.3 is 0 Å². The molecule has 0 aromatic carbocycles. The predicted molar refractivity (Wildman–Crippen MR) is 82.6 cm³/mol. The molecule has 2 atom stereocenters. The third kappa shape index (κ3) is 7.91. The Balaban J connectivity index is 2.11. The Hall–Kier alpha value is -0.120. The minimum atomic E-state index is 0.386. The van der Waals surface area contributed by atoms with Crippen LogP contribution in [0.4, 0.5) is 0 Å². The lowest BCUT2D eigenvalue weighted by Gasteiger charge is -2.33. The summed E-state index contributed by atoms with van der Waals surface area (Å²) < 4.78 is 5.85. The largest absolute Gasteiger partial charge is 0.374 e. The fourth-order valence-corrected chi connectivity index (χ4v) is 2.47. The average Bonchev–Trinajstić information content (AvgIpc) is 2.38. The maximum absolute atomic E-state index is 5.85. The summed E-state index contributed by atoms with van der Waals surface area (Å²) >= 11 is 0. The zero-order valence-electron chi connectivity index (χ0n) is 13.5. The van der Waals surface area contributed by atoms with Gasteiger partial charge in [0.05, 0.1) is 12.7 Å². The van der Waals surface area contributed by atoms with Gasteiger partial charge in [0.15, 0.2) is 0 Å². The maximum Gasteiger partial charge on any atom is 0.0826 e. The van der Waals surface area contributed by atoms with Crippen LogP contribution in [0.2, 0.25) is 0 Å². The SMILES string of the molecule is CCC(C)CNCC1CN(CCCC(C)C)CCO1. The second-order valence-corrected chi connectivity index (χ2v) is 6.50. The third-order valence-corrected chi connectivity index (χ3v) is 4.04. The molecule has 1 fully saturated rings. The van der Waals surface area contributed by atoms with Gasteiger partial charge in [0, 0.05) is 19.6 Å². The lowest BCUT2D eigenvalue weighted by molar-refractivity contribution is -0.0278. The summed E-state index contributed by atoms with van der Waals surface area (Å²) in [5.74, 6) is 1.60. The van der Waals surface area contributed by atoms with Crippen molar-refractivity contribution in [2.75, 3.05) is 39.3 Å². The molecule has 0 saturated carbocycles. The Morgan fingerprint density at radius 3 is 2.79 bits per heavy atom. The van der Waals surface area contributed by atoms with Gasteiger partial charge in [0.2, 0.25) is 0 Å². The first-order valence-electron chi connectivity index (χ1n) is 8.16. The van der Waals surface area contributed by atoms with Crippen LogP contribution < -0.4 is 5.32 Å². The van der Waals surface area contributed by atoms with E-state index in [1.54, 1.807) is 0 Å². The van der Waals surface area contributed by atoms with Gasteiger partial charge in [-0.3, -0.25) is 4.90 Å². The van der Waals surface area contributed by atoms with Gasteiger partial charge in [-0.15, -0.1) is 0 Å². The van der Waals surface area contributed by atoms with Gasteiger partial charge in [-0.05, 0) is 37.8 Å². The summed E-state index contributed by atoms with van der Waals surface area (Å²) in [6.07, 6.45) is 4.30. The van der Waals surface area contributed by atoms with Crippen LogP contribution in [0, 0.1) is 11.8 Å². The molecule has 1 rings (SSSR count). The van der Waals surface area contributed by atoms with Crippen molar-refractivity contribution in [2.45, 2.75) is 53.1 Å². The molecule has 0 aliphatic carbocycles. The van der Waals surface area contributed by atoms with Crippen LogP contribution in [0.15, 0.2) is 0 Å². The molecule has 0 aromatic rings. The third-order valence-electron chi connectivity index (χ3n) is 4.04. The molecule has 3 nitrogen and oxygen atoms in total. The Morgan fingerprint density at radius 2 is 2.11 bits per heavy atom. The van der Waals surface area contributed by atoms with E-state index in [-0.39, 0.29) is 0 Å². The Labute approximate surface area is 120 Å². The highest BCUT2D eigenvalue weighted by Gasteiger charge is 2.19. The van der Waals surface area contributed by atoms with Crippen molar-refractivity contribution < 1.29 is 4.74 Å². The zero-order valence-corrected chi connectivity index (χ0v) is 13.5. The van der Waals surface area contributed by atoms with Gasteiger partial charge in [-0.1, -0.05) is 34.1 Å². The molecule has 0 amide bonds. The fourth-order valence-electron chi connectivity index (χ4n) is 2.47. The number of nitrogens with zero attached hydrogens (tertiary/aromatic N) is 1. The lowest BCUT2D eigenvalue weighted by Crippen LogP contribution is -2.47. The van der Waals surface area contributed by atoms with E-state index in [1.807, 2.05) is 0 Å². The van der Waals surface area contributed by atoms with Crippen LogP contribution in [0.1, 0.15) is 47.0 Å². The zero-order chi connectivity index (χ0) is 14.1. The highest BCUT2D eigenvalue weighted by Crippen LogP contribution is 2.09. The first-order valence-corrected chi connectivity index (χ1v) is 8.16. The number of hydrogen-bond donors (Lipinski definition) is 1. The van der Waals surface area contributed by atoms with Crippen molar-refractivity contribution in [3.63, 3.8) is 0 Å². The molecule has 1 N–H and O–H groups in total. The van der Waals surface area contributed by atoms with Crippen molar-refractivity contribution in [1.82, 2.24) is 10.2 Å². The fraction of sp³-hybridized carbons (Fsp3) is 1.00. The van der Waals surface area contributed by atoms with E-state index >= 15 is 0 Å². The Bertz CT molecular complexity index is 221. The van der Waals surface area contributed by atoms with Crippen LogP contribution in [0.3, 0.4) is 0 Å². The lowest BCUT2D eigenvalue weighted by atomic mass is 10.1. The highest BCUT2D eigenvalue weighted by atomic mass is 16.5. The standard InChI is InChI=1S/C16H34N2O/c1-5-15(4)11-17-12-16-13-18(9-10-19-16)8-6-7-14(2)3/h14-17H,5-13H2,1-4H3. The molecule has 19 heavy (non-hydrogen) atoms. The monoisotopic (exact) mass is 270 g/mol. The van der Waals surface area contributed by atoms with Gasteiger partial charge in [0.1, 0.15) is 0 Å². The molecule has 2 unspecified atom stereocenters. The summed E-state index contributed by atoms with van der Waals surface area (Å²) in [4.78, 5) is 2.57. The molecular weight excluding hydrogens is 236 g/mol. The van der Waals surface area contributed by atoms with E-state index in [0.29, 0.717) is 6.10 Å². The summed E-state index contributed by atoms with van der Waals surface area (Å²) in [5.41, 5.74) is 0. The van der Waals surface area contributed by atoms with Gasteiger partial charge in [0.25, 0.3) is 0 Å². The van der Waals surface area contributed by atoms with Crippen LogP contribution >= 0.6 is 0 Å². The van der Waals surface area contributed by atoms with Crippen molar-refractivity contribution in [2.24, 2.45) is 11.8 Å². The van der Waals surface area contributed by atoms with E-state index in [1.165, 1.54) is 25.8 Å². The normalized spacial score (nSPS) is 22.9. The smallest absolute Gasteiger partial charge is 0.0826 e. The molecule has 1 heterocycles. The summed E-state index contributed by atoms with van der Waals surface area (Å²) in [6, 6.07) is 0. The van der Waals surface area contributed by atoms with Crippen LogP contribution in [-0.2, 0) is 4.74 Å². The van der Waals surface area contributed by atoms with E-state index in [9.17, 15) is 0 Å². The van der Waals surface area contributed by atoms with Crippen molar-refractivity contribution >= 4 is 0 Å². The quantitative estimate of drug-likeness (QED) is 0.697. The van der Waals surface area contributed by atoms with Crippen LogP contribution in [0.5, 0.6) is 0 Å². The number of morpholine rings is 1. The number of nitrogens with one attached hydrogen (secondary N) is 1. The predicted octanol–water partition coefficient (Wildman–Crippen LogP) is 2.76.